The predicted molar refractivity (Wildman–Crippen MR) is 119 cm³/mol. The molecule has 3 aromatic rings. The molecule has 10 nitrogen and oxygen atoms in total. The van der Waals surface area contributed by atoms with Crippen molar-refractivity contribution in [1.29, 1.82) is 0 Å². The fraction of sp³-hybridized carbons (Fsp3) is 0.391. The molecule has 2 aliphatic heterocycles. The molecular formula is C23H23FN8O2. The highest BCUT2D eigenvalue weighted by atomic mass is 19.1. The van der Waals surface area contributed by atoms with Crippen molar-refractivity contribution in [2.45, 2.75) is 25.5 Å². The SMILES string of the molecule is [C-]#[N+]c1c(F)ccc([C@H]2CN3CCN(C(=O)Cc4ccc(-n5cnnn5)nc4)C[C@@H]3CO2)c1C. The Labute approximate surface area is 195 Å². The molecule has 5 rings (SSSR count). The summed E-state index contributed by atoms with van der Waals surface area (Å²) in [7, 11) is 0. The summed E-state index contributed by atoms with van der Waals surface area (Å²) < 4.78 is 21.5. The normalized spacial score (nSPS) is 20.6. The molecule has 2 fully saturated rings. The monoisotopic (exact) mass is 462 g/mol. The Kier molecular flexibility index (Phi) is 6.00. The van der Waals surface area contributed by atoms with Crippen LogP contribution in [0.25, 0.3) is 10.7 Å². The highest BCUT2D eigenvalue weighted by Crippen LogP contribution is 2.34. The van der Waals surface area contributed by atoms with Crippen LogP contribution in [-0.2, 0) is 16.0 Å². The zero-order valence-electron chi connectivity index (χ0n) is 18.6. The molecule has 34 heavy (non-hydrogen) atoms. The molecule has 0 bridgehead atoms. The molecule has 0 N–H and O–H groups in total. The van der Waals surface area contributed by atoms with Gasteiger partial charge in [0.2, 0.25) is 11.6 Å². The largest absolute Gasteiger partial charge is 0.371 e. The third kappa shape index (κ3) is 4.25. The lowest BCUT2D eigenvalue weighted by Crippen LogP contribution is -2.59. The van der Waals surface area contributed by atoms with Gasteiger partial charge >= 0.3 is 0 Å². The van der Waals surface area contributed by atoms with Crippen LogP contribution < -0.4 is 0 Å². The highest BCUT2D eigenvalue weighted by Gasteiger charge is 2.36. The molecule has 174 valence electrons. The van der Waals surface area contributed by atoms with E-state index in [9.17, 15) is 9.18 Å². The Hall–Kier alpha value is -3.75. The third-order valence-electron chi connectivity index (χ3n) is 6.48. The highest BCUT2D eigenvalue weighted by molar-refractivity contribution is 5.79. The molecule has 2 atom stereocenters. The number of amides is 1. The maximum absolute atomic E-state index is 13.9. The Bertz CT molecular complexity index is 1230. The number of benzene rings is 1. The van der Waals surface area contributed by atoms with Crippen molar-refractivity contribution in [3.05, 3.63) is 70.7 Å². The van der Waals surface area contributed by atoms with E-state index in [1.807, 2.05) is 11.0 Å². The van der Waals surface area contributed by atoms with Gasteiger partial charge in [-0.3, -0.25) is 9.69 Å². The maximum atomic E-state index is 13.9. The average Bonchev–Trinajstić information content (AvgIpc) is 3.39. The second kappa shape index (κ2) is 9.24. The first-order chi connectivity index (χ1) is 16.5. The minimum absolute atomic E-state index is 0.0508. The molecule has 11 heteroatoms. The Morgan fingerprint density at radius 1 is 1.26 bits per heavy atom. The maximum Gasteiger partial charge on any atom is 0.227 e. The first kappa shape index (κ1) is 22.1. The van der Waals surface area contributed by atoms with Gasteiger partial charge in [-0.2, -0.15) is 4.68 Å². The number of aromatic nitrogens is 5. The molecular weight excluding hydrogens is 439 g/mol. The molecule has 1 amide bonds. The molecule has 4 heterocycles. The van der Waals surface area contributed by atoms with Gasteiger partial charge in [-0.25, -0.2) is 14.2 Å². The third-order valence-corrected chi connectivity index (χ3v) is 6.48. The topological polar surface area (TPSA) is 93.6 Å². The van der Waals surface area contributed by atoms with Gasteiger partial charge in [-0.15, -0.1) is 5.10 Å². The number of halogens is 1. The predicted octanol–water partition coefficient (Wildman–Crippen LogP) is 1.88. The van der Waals surface area contributed by atoms with Gasteiger partial charge in [0.15, 0.2) is 5.82 Å². The van der Waals surface area contributed by atoms with Crippen LogP contribution in [-0.4, -0.2) is 79.7 Å². The number of carbonyl (C=O) groups is 1. The van der Waals surface area contributed by atoms with Crippen LogP contribution in [0.1, 0.15) is 22.8 Å². The van der Waals surface area contributed by atoms with Crippen molar-refractivity contribution in [1.82, 2.24) is 35.0 Å². The Morgan fingerprint density at radius 2 is 2.15 bits per heavy atom. The molecule has 0 saturated carbocycles. The standard InChI is InChI=1S/C23H23FN8O2/c1-15-18(4-5-19(24)23(15)25-2)20-12-30-7-8-31(11-17(30)13-34-20)22(33)9-16-3-6-21(26-10-16)32-14-27-28-29-32/h3-6,10,14,17,20H,7-9,11-13H2,1H3/t17-,20-/m1/s1. The molecule has 0 aliphatic carbocycles. The summed E-state index contributed by atoms with van der Waals surface area (Å²) in [5.74, 6) is 0.135. The fourth-order valence-corrected chi connectivity index (χ4v) is 4.58. The Balaban J connectivity index is 1.19. The van der Waals surface area contributed by atoms with E-state index in [-0.39, 0.29) is 30.2 Å². The van der Waals surface area contributed by atoms with Crippen molar-refractivity contribution in [2.24, 2.45) is 0 Å². The number of piperazine rings is 1. The number of tetrazole rings is 1. The van der Waals surface area contributed by atoms with Crippen LogP contribution in [0.5, 0.6) is 0 Å². The average molecular weight is 462 g/mol. The molecule has 1 aromatic carbocycles. The van der Waals surface area contributed by atoms with Crippen molar-refractivity contribution in [3.63, 3.8) is 0 Å². The Morgan fingerprint density at radius 3 is 2.88 bits per heavy atom. The second-order valence-corrected chi connectivity index (χ2v) is 8.49. The molecule has 0 radical (unpaired) electrons. The number of hydrogen-bond acceptors (Lipinski definition) is 7. The number of nitrogens with zero attached hydrogens (tertiary/aromatic N) is 8. The van der Waals surface area contributed by atoms with Crippen LogP contribution in [0.4, 0.5) is 10.1 Å². The molecule has 0 spiro atoms. The summed E-state index contributed by atoms with van der Waals surface area (Å²) in [6.07, 6.45) is 3.18. The summed E-state index contributed by atoms with van der Waals surface area (Å²) in [5.41, 5.74) is 2.36. The summed E-state index contributed by atoms with van der Waals surface area (Å²) in [5, 5.41) is 11.0. The van der Waals surface area contributed by atoms with Crippen molar-refractivity contribution in [2.75, 3.05) is 32.8 Å². The van der Waals surface area contributed by atoms with E-state index in [4.69, 9.17) is 11.3 Å². The van der Waals surface area contributed by atoms with E-state index in [0.717, 1.165) is 17.7 Å². The first-order valence-electron chi connectivity index (χ1n) is 11.0. The van der Waals surface area contributed by atoms with Gasteiger partial charge in [0, 0.05) is 32.4 Å². The van der Waals surface area contributed by atoms with Crippen LogP contribution in [0.3, 0.4) is 0 Å². The van der Waals surface area contributed by atoms with Crippen molar-refractivity contribution < 1.29 is 13.9 Å². The number of ether oxygens (including phenoxy) is 1. The lowest BCUT2D eigenvalue weighted by atomic mass is 9.98. The minimum atomic E-state index is -0.502. The second-order valence-electron chi connectivity index (χ2n) is 8.49. The number of morpholine rings is 1. The van der Waals surface area contributed by atoms with Gasteiger partial charge in [0.25, 0.3) is 0 Å². The molecule has 2 saturated heterocycles. The molecule has 2 aromatic heterocycles. The van der Waals surface area contributed by atoms with Crippen LogP contribution in [0.15, 0.2) is 36.8 Å². The minimum Gasteiger partial charge on any atom is -0.371 e. The van der Waals surface area contributed by atoms with Gasteiger partial charge in [0.05, 0.1) is 31.7 Å². The zero-order valence-corrected chi connectivity index (χ0v) is 18.6. The van der Waals surface area contributed by atoms with Gasteiger partial charge in [-0.1, -0.05) is 12.1 Å². The van der Waals surface area contributed by atoms with Gasteiger partial charge in [-0.05, 0) is 46.2 Å². The number of fused-ring (bicyclic) bond motifs is 1. The number of pyridine rings is 1. The fourth-order valence-electron chi connectivity index (χ4n) is 4.58. The summed E-state index contributed by atoms with van der Waals surface area (Å²) >= 11 is 0. The summed E-state index contributed by atoms with van der Waals surface area (Å²) in [4.78, 5) is 24.8. The molecule has 0 unspecified atom stereocenters. The van der Waals surface area contributed by atoms with E-state index in [0.29, 0.717) is 37.6 Å². The van der Waals surface area contributed by atoms with Crippen LogP contribution in [0, 0.1) is 19.3 Å². The van der Waals surface area contributed by atoms with Gasteiger partial charge in [0.1, 0.15) is 12.1 Å². The van der Waals surface area contributed by atoms with Crippen LogP contribution >= 0.6 is 0 Å². The number of carbonyl (C=O) groups excluding carboxylic acids is 1. The smallest absolute Gasteiger partial charge is 0.227 e. The number of hydrogen-bond donors (Lipinski definition) is 0. The number of rotatable bonds is 4. The van der Waals surface area contributed by atoms with E-state index < -0.39 is 5.82 Å². The lowest BCUT2D eigenvalue weighted by Gasteiger charge is -2.46. The summed E-state index contributed by atoms with van der Waals surface area (Å²) in [6.45, 7) is 12.1. The van der Waals surface area contributed by atoms with Crippen LogP contribution in [0.2, 0.25) is 0 Å². The zero-order chi connectivity index (χ0) is 23.7. The van der Waals surface area contributed by atoms with Gasteiger partial charge < -0.3 is 9.64 Å². The van der Waals surface area contributed by atoms with E-state index in [1.54, 1.807) is 25.3 Å². The van der Waals surface area contributed by atoms with Crippen molar-refractivity contribution >= 4 is 11.6 Å². The lowest BCUT2D eigenvalue weighted by molar-refractivity contribution is -0.139. The first-order valence-corrected chi connectivity index (χ1v) is 11.0. The van der Waals surface area contributed by atoms with Crippen molar-refractivity contribution in [3.8, 4) is 5.82 Å². The molecule has 2 aliphatic rings. The summed E-state index contributed by atoms with van der Waals surface area (Å²) in [6, 6.07) is 6.79. The van der Waals surface area contributed by atoms with E-state index in [1.165, 1.54) is 17.1 Å². The van der Waals surface area contributed by atoms with E-state index >= 15 is 0 Å². The van der Waals surface area contributed by atoms with E-state index in [2.05, 4.69) is 30.3 Å². The quantitative estimate of drug-likeness (QED) is 0.547.